The zero-order valence-corrected chi connectivity index (χ0v) is 17.6. The van der Waals surface area contributed by atoms with Crippen LogP contribution in [0, 0.1) is 0 Å². The maximum absolute atomic E-state index is 6.36. The molecule has 5 rings (SSSR count). The first-order valence-corrected chi connectivity index (χ1v) is 11.1. The molecule has 4 heterocycles. The largest absolute Gasteiger partial charge is 0.375 e. The molecule has 5 nitrogen and oxygen atoms in total. The quantitative estimate of drug-likeness (QED) is 0.556. The van der Waals surface area contributed by atoms with Crippen LogP contribution < -0.4 is 4.90 Å². The standard InChI is InChI=1S/C20H20Cl2N4OS/c21-14-3-1-4-15(17(14)22)28-16-13-24-19(26-11-8-23-18(16)26)25-9-6-20(7-10-25)5-2-12-27-20/h1,3-4,8,11,13H,2,5-7,9-10,12H2. The van der Waals surface area contributed by atoms with Gasteiger partial charge in [-0.25, -0.2) is 9.97 Å². The van der Waals surface area contributed by atoms with Crippen molar-refractivity contribution in [3.8, 4) is 0 Å². The van der Waals surface area contributed by atoms with Gasteiger partial charge in [0.1, 0.15) is 0 Å². The lowest BCUT2D eigenvalue weighted by atomic mass is 9.89. The predicted octanol–water partition coefficient (Wildman–Crippen LogP) is 5.34. The third kappa shape index (κ3) is 3.26. The molecule has 2 aliphatic heterocycles. The van der Waals surface area contributed by atoms with E-state index in [0.717, 1.165) is 53.9 Å². The number of hydrogen-bond acceptors (Lipinski definition) is 5. The van der Waals surface area contributed by atoms with E-state index in [1.807, 2.05) is 30.7 Å². The van der Waals surface area contributed by atoms with E-state index in [4.69, 9.17) is 32.9 Å². The molecule has 1 spiro atoms. The lowest BCUT2D eigenvalue weighted by Gasteiger charge is -2.39. The summed E-state index contributed by atoms with van der Waals surface area (Å²) in [6.07, 6.45) is 10.1. The smallest absolute Gasteiger partial charge is 0.211 e. The summed E-state index contributed by atoms with van der Waals surface area (Å²) in [4.78, 5) is 13.5. The number of imidazole rings is 1. The molecule has 1 aromatic carbocycles. The lowest BCUT2D eigenvalue weighted by molar-refractivity contribution is -0.0148. The van der Waals surface area contributed by atoms with Crippen LogP contribution in [-0.4, -0.2) is 39.7 Å². The van der Waals surface area contributed by atoms with Crippen molar-refractivity contribution in [2.45, 2.75) is 41.1 Å². The summed E-state index contributed by atoms with van der Waals surface area (Å²) >= 11 is 14.0. The second kappa shape index (κ2) is 7.41. The van der Waals surface area contributed by atoms with E-state index < -0.39 is 0 Å². The Balaban J connectivity index is 1.43. The maximum Gasteiger partial charge on any atom is 0.211 e. The molecule has 28 heavy (non-hydrogen) atoms. The number of aromatic nitrogens is 3. The van der Waals surface area contributed by atoms with E-state index in [-0.39, 0.29) is 5.60 Å². The van der Waals surface area contributed by atoms with Gasteiger partial charge in [0.25, 0.3) is 0 Å². The first-order chi connectivity index (χ1) is 13.7. The van der Waals surface area contributed by atoms with E-state index in [0.29, 0.717) is 10.0 Å². The minimum absolute atomic E-state index is 0.101. The highest BCUT2D eigenvalue weighted by atomic mass is 35.5. The Bertz CT molecular complexity index is 1010. The summed E-state index contributed by atoms with van der Waals surface area (Å²) < 4.78 is 8.12. The number of piperidine rings is 1. The molecule has 8 heteroatoms. The van der Waals surface area contributed by atoms with Crippen molar-refractivity contribution in [1.29, 1.82) is 0 Å². The minimum Gasteiger partial charge on any atom is -0.375 e. The number of hydrogen-bond donors (Lipinski definition) is 0. The predicted molar refractivity (Wildman–Crippen MR) is 113 cm³/mol. The molecular weight excluding hydrogens is 415 g/mol. The summed E-state index contributed by atoms with van der Waals surface area (Å²) in [6, 6.07) is 5.64. The molecule has 0 unspecified atom stereocenters. The van der Waals surface area contributed by atoms with Gasteiger partial charge >= 0.3 is 0 Å². The maximum atomic E-state index is 6.36. The topological polar surface area (TPSA) is 42.7 Å². The second-order valence-corrected chi connectivity index (χ2v) is 9.19. The Morgan fingerprint density at radius 2 is 1.93 bits per heavy atom. The molecule has 2 aliphatic rings. The summed E-state index contributed by atoms with van der Waals surface area (Å²) in [5, 5.41) is 1.10. The van der Waals surface area contributed by atoms with Gasteiger partial charge in [-0.3, -0.25) is 4.40 Å². The molecule has 0 radical (unpaired) electrons. The van der Waals surface area contributed by atoms with Gasteiger partial charge in [-0.1, -0.05) is 41.0 Å². The molecule has 146 valence electrons. The van der Waals surface area contributed by atoms with Crippen molar-refractivity contribution in [3.05, 3.63) is 46.8 Å². The summed E-state index contributed by atoms with van der Waals surface area (Å²) in [5.74, 6) is 0.932. The zero-order valence-electron chi connectivity index (χ0n) is 15.3. The summed E-state index contributed by atoms with van der Waals surface area (Å²) in [6.45, 7) is 2.81. The van der Waals surface area contributed by atoms with E-state index in [2.05, 4.69) is 14.3 Å². The van der Waals surface area contributed by atoms with Gasteiger partial charge in [-0.15, -0.1) is 0 Å². The van der Waals surface area contributed by atoms with Crippen LogP contribution in [0.1, 0.15) is 25.7 Å². The fourth-order valence-electron chi connectivity index (χ4n) is 4.13. The van der Waals surface area contributed by atoms with Gasteiger partial charge in [-0.2, -0.15) is 0 Å². The third-order valence-electron chi connectivity index (χ3n) is 5.65. The number of nitrogens with zero attached hydrogens (tertiary/aromatic N) is 4. The van der Waals surface area contributed by atoms with Crippen molar-refractivity contribution in [2.75, 3.05) is 24.6 Å². The first-order valence-electron chi connectivity index (χ1n) is 9.48. The number of fused-ring (bicyclic) bond motifs is 1. The molecule has 0 atom stereocenters. The fourth-order valence-corrected chi connectivity index (χ4v) is 5.54. The Hall–Kier alpha value is -1.47. The molecule has 0 bridgehead atoms. The number of halogens is 2. The molecule has 2 saturated heterocycles. The normalized spacial score (nSPS) is 19.0. The highest BCUT2D eigenvalue weighted by molar-refractivity contribution is 7.99. The zero-order chi connectivity index (χ0) is 19.1. The van der Waals surface area contributed by atoms with Crippen LogP contribution in [0.5, 0.6) is 0 Å². The van der Waals surface area contributed by atoms with Gasteiger partial charge < -0.3 is 9.64 Å². The summed E-state index contributed by atoms with van der Waals surface area (Å²) in [7, 11) is 0. The van der Waals surface area contributed by atoms with Gasteiger partial charge in [0, 0.05) is 43.2 Å². The van der Waals surface area contributed by atoms with Gasteiger partial charge in [0.15, 0.2) is 5.65 Å². The Kier molecular flexibility index (Phi) is 4.91. The van der Waals surface area contributed by atoms with E-state index in [1.165, 1.54) is 24.6 Å². The Morgan fingerprint density at radius 1 is 1.07 bits per heavy atom. The van der Waals surface area contributed by atoms with Crippen LogP contribution in [0.3, 0.4) is 0 Å². The molecule has 2 fully saturated rings. The van der Waals surface area contributed by atoms with Crippen LogP contribution in [-0.2, 0) is 4.74 Å². The number of rotatable bonds is 3. The van der Waals surface area contributed by atoms with E-state index >= 15 is 0 Å². The van der Waals surface area contributed by atoms with Crippen LogP contribution >= 0.6 is 35.0 Å². The highest BCUT2D eigenvalue weighted by Crippen LogP contribution is 2.40. The van der Waals surface area contributed by atoms with Crippen LogP contribution in [0.2, 0.25) is 10.0 Å². The first kappa shape index (κ1) is 18.6. The second-order valence-electron chi connectivity index (χ2n) is 7.32. The monoisotopic (exact) mass is 434 g/mol. The summed E-state index contributed by atoms with van der Waals surface area (Å²) in [5.41, 5.74) is 0.979. The fraction of sp³-hybridized carbons (Fsp3) is 0.400. The Labute approximate surface area is 178 Å². The van der Waals surface area contributed by atoms with Gasteiger partial charge in [-0.05, 0) is 37.8 Å². The van der Waals surface area contributed by atoms with Crippen LogP contribution in [0.4, 0.5) is 5.95 Å². The molecule has 0 saturated carbocycles. The van der Waals surface area contributed by atoms with E-state index in [1.54, 1.807) is 6.07 Å². The molecular formula is C20H20Cl2N4OS. The molecule has 0 aliphatic carbocycles. The Morgan fingerprint density at radius 3 is 2.71 bits per heavy atom. The van der Waals surface area contributed by atoms with E-state index in [9.17, 15) is 0 Å². The number of benzene rings is 1. The third-order valence-corrected chi connectivity index (χ3v) is 7.65. The minimum atomic E-state index is 0.101. The van der Waals surface area contributed by atoms with Gasteiger partial charge in [0.2, 0.25) is 5.95 Å². The van der Waals surface area contributed by atoms with Crippen molar-refractivity contribution in [2.24, 2.45) is 0 Å². The number of anilines is 1. The van der Waals surface area contributed by atoms with Crippen molar-refractivity contribution < 1.29 is 4.74 Å². The number of ether oxygens (including phenoxy) is 1. The molecule has 3 aromatic rings. The highest BCUT2D eigenvalue weighted by Gasteiger charge is 2.39. The average Bonchev–Trinajstić information content (AvgIpc) is 3.37. The van der Waals surface area contributed by atoms with Gasteiger partial charge in [0.05, 0.1) is 20.5 Å². The molecule has 2 aromatic heterocycles. The lowest BCUT2D eigenvalue weighted by Crippen LogP contribution is -2.44. The van der Waals surface area contributed by atoms with Crippen LogP contribution in [0.15, 0.2) is 46.6 Å². The molecule has 0 N–H and O–H groups in total. The molecule has 0 amide bonds. The van der Waals surface area contributed by atoms with Crippen LogP contribution in [0.25, 0.3) is 5.65 Å². The van der Waals surface area contributed by atoms with Crippen molar-refractivity contribution in [3.63, 3.8) is 0 Å². The van der Waals surface area contributed by atoms with Crippen molar-refractivity contribution in [1.82, 2.24) is 14.4 Å². The van der Waals surface area contributed by atoms with Crippen molar-refractivity contribution >= 4 is 46.6 Å². The SMILES string of the molecule is Clc1cccc(Sc2cnc(N3CCC4(CCCO4)CC3)n3ccnc23)c1Cl. The average molecular weight is 435 g/mol.